The summed E-state index contributed by atoms with van der Waals surface area (Å²) < 4.78 is 0. The van der Waals surface area contributed by atoms with E-state index >= 15 is 0 Å². The zero-order valence-electron chi connectivity index (χ0n) is 11.6. The van der Waals surface area contributed by atoms with Gasteiger partial charge in [-0.2, -0.15) is 0 Å². The summed E-state index contributed by atoms with van der Waals surface area (Å²) in [6.07, 6.45) is 1.89. The largest absolute Gasteiger partial charge is 0.360 e. The average molecular weight is 277 g/mol. The van der Waals surface area contributed by atoms with E-state index < -0.39 is 0 Å². The summed E-state index contributed by atoms with van der Waals surface area (Å²) in [7, 11) is 0. The highest BCUT2D eigenvalue weighted by Crippen LogP contribution is 2.20. The lowest BCUT2D eigenvalue weighted by atomic mass is 10.3. The van der Waals surface area contributed by atoms with E-state index in [9.17, 15) is 0 Å². The third-order valence-electron chi connectivity index (χ3n) is 3.59. The molecule has 4 aromatic rings. The third kappa shape index (κ3) is 2.12. The first-order valence-electron chi connectivity index (χ1n) is 6.95. The van der Waals surface area contributed by atoms with E-state index in [4.69, 9.17) is 0 Å². The molecule has 0 aliphatic heterocycles. The van der Waals surface area contributed by atoms with Crippen LogP contribution in [0.25, 0.3) is 22.1 Å². The van der Waals surface area contributed by atoms with Crippen molar-refractivity contribution in [1.82, 2.24) is 19.9 Å². The highest BCUT2D eigenvalue weighted by molar-refractivity contribution is 5.77. The molecule has 0 spiro atoms. The SMILES string of the molecule is C[C@@H](Nc1ccc2cc[nH]c2n1)c1nc2ccccc2[nH]1. The Kier molecular flexibility index (Phi) is 2.64. The van der Waals surface area contributed by atoms with Gasteiger partial charge in [0.05, 0.1) is 17.1 Å². The van der Waals surface area contributed by atoms with Gasteiger partial charge in [0.25, 0.3) is 0 Å². The van der Waals surface area contributed by atoms with Crippen molar-refractivity contribution in [1.29, 1.82) is 0 Å². The maximum absolute atomic E-state index is 4.61. The zero-order valence-corrected chi connectivity index (χ0v) is 11.6. The fourth-order valence-electron chi connectivity index (χ4n) is 2.48. The molecule has 0 aliphatic carbocycles. The number of hydrogen-bond donors (Lipinski definition) is 3. The number of H-pyrrole nitrogens is 2. The van der Waals surface area contributed by atoms with Crippen molar-refractivity contribution in [2.75, 3.05) is 5.32 Å². The number of nitrogens with one attached hydrogen (secondary N) is 3. The number of anilines is 1. The molecule has 1 aromatic carbocycles. The molecule has 0 fully saturated rings. The van der Waals surface area contributed by atoms with Gasteiger partial charge >= 0.3 is 0 Å². The predicted octanol–water partition coefficient (Wildman–Crippen LogP) is 3.61. The van der Waals surface area contributed by atoms with Crippen molar-refractivity contribution in [2.45, 2.75) is 13.0 Å². The number of rotatable bonds is 3. The van der Waals surface area contributed by atoms with E-state index in [1.54, 1.807) is 0 Å². The molecule has 21 heavy (non-hydrogen) atoms. The van der Waals surface area contributed by atoms with Gasteiger partial charge in [-0.3, -0.25) is 0 Å². The second kappa shape index (κ2) is 4.63. The van der Waals surface area contributed by atoms with Crippen LogP contribution < -0.4 is 5.32 Å². The van der Waals surface area contributed by atoms with Crippen molar-refractivity contribution in [3.63, 3.8) is 0 Å². The Morgan fingerprint density at radius 3 is 2.86 bits per heavy atom. The topological polar surface area (TPSA) is 69.4 Å². The number of nitrogens with zero attached hydrogens (tertiary/aromatic N) is 2. The zero-order chi connectivity index (χ0) is 14.2. The van der Waals surface area contributed by atoms with Gasteiger partial charge in [0.15, 0.2) is 0 Å². The van der Waals surface area contributed by atoms with Crippen molar-refractivity contribution in [3.8, 4) is 0 Å². The van der Waals surface area contributed by atoms with Crippen LogP contribution in [0.2, 0.25) is 0 Å². The van der Waals surface area contributed by atoms with Crippen LogP contribution in [0.5, 0.6) is 0 Å². The Balaban J connectivity index is 1.63. The maximum atomic E-state index is 4.61. The molecule has 5 nitrogen and oxygen atoms in total. The van der Waals surface area contributed by atoms with Gasteiger partial charge in [-0.05, 0) is 37.3 Å². The lowest BCUT2D eigenvalue weighted by Gasteiger charge is -2.11. The summed E-state index contributed by atoms with van der Waals surface area (Å²) in [5, 5.41) is 4.48. The van der Waals surface area contributed by atoms with Crippen LogP contribution in [-0.2, 0) is 0 Å². The molecule has 0 amide bonds. The summed E-state index contributed by atoms with van der Waals surface area (Å²) in [6.45, 7) is 2.07. The quantitative estimate of drug-likeness (QED) is 0.535. The van der Waals surface area contributed by atoms with Crippen LogP contribution in [0.3, 0.4) is 0 Å². The summed E-state index contributed by atoms with van der Waals surface area (Å²) in [6, 6.07) is 14.1. The molecule has 0 saturated heterocycles. The Morgan fingerprint density at radius 2 is 1.95 bits per heavy atom. The van der Waals surface area contributed by atoms with Crippen LogP contribution in [0.4, 0.5) is 5.82 Å². The first-order valence-corrected chi connectivity index (χ1v) is 6.95. The molecule has 3 N–H and O–H groups in total. The van der Waals surface area contributed by atoms with Crippen LogP contribution in [0, 0.1) is 0 Å². The van der Waals surface area contributed by atoms with E-state index in [0.29, 0.717) is 0 Å². The fraction of sp³-hybridized carbons (Fsp3) is 0.125. The third-order valence-corrected chi connectivity index (χ3v) is 3.59. The standard InChI is InChI=1S/C16H15N5/c1-10(15-19-12-4-2-3-5-13(12)20-15)18-14-7-6-11-8-9-17-16(11)21-14/h2-10H,1H3,(H,19,20)(H2,17,18,21)/t10-/m1/s1. The fourth-order valence-corrected chi connectivity index (χ4v) is 2.48. The summed E-state index contributed by atoms with van der Waals surface area (Å²) >= 11 is 0. The Labute approximate surface area is 121 Å². The van der Waals surface area contributed by atoms with Gasteiger partial charge in [0, 0.05) is 11.6 Å². The van der Waals surface area contributed by atoms with Crippen LogP contribution in [0.1, 0.15) is 18.8 Å². The van der Waals surface area contributed by atoms with E-state index in [0.717, 1.165) is 33.7 Å². The van der Waals surface area contributed by atoms with Crippen LogP contribution in [-0.4, -0.2) is 19.9 Å². The monoisotopic (exact) mass is 277 g/mol. The second-order valence-electron chi connectivity index (χ2n) is 5.12. The number of pyridine rings is 1. The molecule has 0 aliphatic rings. The Hall–Kier alpha value is -2.82. The van der Waals surface area contributed by atoms with E-state index in [-0.39, 0.29) is 6.04 Å². The number of imidazole rings is 1. The maximum Gasteiger partial charge on any atom is 0.139 e. The molecule has 1 atom stereocenters. The number of aromatic nitrogens is 4. The van der Waals surface area contributed by atoms with E-state index in [1.165, 1.54) is 0 Å². The molecule has 104 valence electrons. The summed E-state index contributed by atoms with van der Waals surface area (Å²) in [5.74, 6) is 1.74. The van der Waals surface area contributed by atoms with Crippen molar-refractivity contribution in [3.05, 3.63) is 54.5 Å². The smallest absolute Gasteiger partial charge is 0.139 e. The molecule has 0 bridgehead atoms. The van der Waals surface area contributed by atoms with Crippen molar-refractivity contribution >= 4 is 27.9 Å². The number of fused-ring (bicyclic) bond motifs is 2. The highest BCUT2D eigenvalue weighted by Gasteiger charge is 2.11. The first-order chi connectivity index (χ1) is 10.3. The summed E-state index contributed by atoms with van der Waals surface area (Å²) in [5.41, 5.74) is 2.92. The van der Waals surface area contributed by atoms with Gasteiger partial charge in [-0.25, -0.2) is 9.97 Å². The molecular weight excluding hydrogens is 262 g/mol. The predicted molar refractivity (Wildman–Crippen MR) is 84.2 cm³/mol. The highest BCUT2D eigenvalue weighted by atomic mass is 15.1. The number of benzene rings is 1. The molecule has 4 rings (SSSR count). The van der Waals surface area contributed by atoms with E-state index in [1.807, 2.05) is 48.7 Å². The van der Waals surface area contributed by atoms with Crippen molar-refractivity contribution < 1.29 is 0 Å². The Morgan fingerprint density at radius 1 is 1.05 bits per heavy atom. The molecule has 3 heterocycles. The molecule has 0 saturated carbocycles. The van der Waals surface area contributed by atoms with Gasteiger partial charge in [0.1, 0.15) is 17.3 Å². The normalized spacial score (nSPS) is 12.8. The van der Waals surface area contributed by atoms with Crippen LogP contribution >= 0.6 is 0 Å². The number of hydrogen-bond acceptors (Lipinski definition) is 3. The molecular formula is C16H15N5. The van der Waals surface area contributed by atoms with Crippen molar-refractivity contribution in [2.24, 2.45) is 0 Å². The minimum atomic E-state index is 0.0531. The lowest BCUT2D eigenvalue weighted by Crippen LogP contribution is -2.09. The van der Waals surface area contributed by atoms with Gasteiger partial charge in [0.2, 0.25) is 0 Å². The number of aromatic amines is 2. The molecule has 3 aromatic heterocycles. The van der Waals surface area contributed by atoms with Gasteiger partial charge < -0.3 is 15.3 Å². The minimum absolute atomic E-state index is 0.0531. The van der Waals surface area contributed by atoms with E-state index in [2.05, 4.69) is 32.2 Å². The molecule has 0 radical (unpaired) electrons. The van der Waals surface area contributed by atoms with Gasteiger partial charge in [-0.1, -0.05) is 12.1 Å². The molecule has 5 heteroatoms. The molecule has 0 unspecified atom stereocenters. The average Bonchev–Trinajstić information content (AvgIpc) is 3.13. The number of para-hydroxylation sites is 2. The minimum Gasteiger partial charge on any atom is -0.360 e. The second-order valence-corrected chi connectivity index (χ2v) is 5.12. The van der Waals surface area contributed by atoms with Gasteiger partial charge in [-0.15, -0.1) is 0 Å². The Bertz CT molecular complexity index is 872. The van der Waals surface area contributed by atoms with Crippen LogP contribution in [0.15, 0.2) is 48.7 Å². The lowest BCUT2D eigenvalue weighted by molar-refractivity contribution is 0.809. The first kappa shape index (κ1) is 12.0. The summed E-state index contributed by atoms with van der Waals surface area (Å²) in [4.78, 5) is 15.6.